The molecule has 22 heavy (non-hydrogen) atoms. The molecule has 112 valence electrons. The van der Waals surface area contributed by atoms with Crippen molar-refractivity contribution < 1.29 is 14.7 Å². The monoisotopic (exact) mass is 316 g/mol. The first-order valence-electron chi connectivity index (χ1n) is 6.39. The lowest BCUT2D eigenvalue weighted by Gasteiger charge is -2.03. The lowest BCUT2D eigenvalue weighted by Crippen LogP contribution is -2.32. The van der Waals surface area contributed by atoms with Gasteiger partial charge in [-0.05, 0) is 18.2 Å². The second kappa shape index (κ2) is 5.86. The Morgan fingerprint density at radius 2 is 2.23 bits per heavy atom. The van der Waals surface area contributed by atoms with Crippen molar-refractivity contribution in [3.05, 3.63) is 47.0 Å². The smallest absolute Gasteiger partial charge is 0.412 e. The number of amides is 3. The maximum atomic E-state index is 11.3. The molecule has 3 amide bonds. The Bertz CT molecular complexity index is 839. The maximum absolute atomic E-state index is 11.3. The molecule has 3 N–H and O–H groups in total. The average molecular weight is 316 g/mol. The number of carboxylic acid groups (broad SMARTS) is 1. The van der Waals surface area contributed by atoms with E-state index < -0.39 is 12.1 Å². The summed E-state index contributed by atoms with van der Waals surface area (Å²) in [6, 6.07) is 5.01. The molecule has 0 saturated carbocycles. The van der Waals surface area contributed by atoms with Crippen LogP contribution in [-0.4, -0.2) is 26.8 Å². The molecule has 0 fully saturated rings. The number of carbonyl (C=O) groups is 2. The largest absolute Gasteiger partial charge is 0.465 e. The second-order valence-corrected chi connectivity index (χ2v) is 5.56. The minimum atomic E-state index is -1.39. The number of nitrogens with zero attached hydrogens (tertiary/aromatic N) is 2. The fourth-order valence-electron chi connectivity index (χ4n) is 2.12. The molecule has 0 aliphatic carbocycles. The number of aromatic nitrogens is 2. The van der Waals surface area contributed by atoms with Crippen LogP contribution in [0.25, 0.3) is 10.9 Å². The Labute approximate surface area is 129 Å². The zero-order valence-electron chi connectivity index (χ0n) is 11.3. The lowest BCUT2D eigenvalue weighted by molar-refractivity contribution is 0.194. The third kappa shape index (κ3) is 3.07. The number of rotatable bonds is 3. The van der Waals surface area contributed by atoms with E-state index in [4.69, 9.17) is 5.11 Å². The number of fused-ring (bicyclic) bond motifs is 1. The van der Waals surface area contributed by atoms with Gasteiger partial charge >= 0.3 is 12.1 Å². The fourth-order valence-corrected chi connectivity index (χ4v) is 2.94. The van der Waals surface area contributed by atoms with Crippen molar-refractivity contribution in [2.45, 2.75) is 6.54 Å². The minimum absolute atomic E-state index is 0.563. The molecule has 3 heterocycles. The summed E-state index contributed by atoms with van der Waals surface area (Å²) >= 11 is 1.49. The van der Waals surface area contributed by atoms with E-state index in [9.17, 15) is 9.59 Å². The minimum Gasteiger partial charge on any atom is -0.465 e. The normalized spacial score (nSPS) is 10.5. The predicted octanol–water partition coefficient (Wildman–Crippen LogP) is 2.95. The van der Waals surface area contributed by atoms with E-state index in [0.717, 1.165) is 15.8 Å². The van der Waals surface area contributed by atoms with Gasteiger partial charge in [-0.2, -0.15) is 0 Å². The highest BCUT2D eigenvalue weighted by molar-refractivity contribution is 7.10. The van der Waals surface area contributed by atoms with Crippen LogP contribution in [-0.2, 0) is 6.54 Å². The van der Waals surface area contributed by atoms with Crippen molar-refractivity contribution in [2.75, 3.05) is 5.32 Å². The molecule has 0 unspecified atom stereocenters. The van der Waals surface area contributed by atoms with Crippen molar-refractivity contribution >= 4 is 40.1 Å². The maximum Gasteiger partial charge on any atom is 0.412 e. The van der Waals surface area contributed by atoms with E-state index in [2.05, 4.69) is 14.9 Å². The van der Waals surface area contributed by atoms with Crippen molar-refractivity contribution in [1.82, 2.24) is 14.9 Å². The molecular weight excluding hydrogens is 304 g/mol. The topological polar surface area (TPSA) is 96.3 Å². The standard InChI is InChI=1S/C14H12N4O3S/c19-13(17-14(20)21)16-10-5-11(22-8-10)7-18-4-2-9-1-3-15-6-12(9)18/h1-6,8H,7H2,(H,20,21)(H2,16,17,19). The molecule has 0 aromatic carbocycles. The summed E-state index contributed by atoms with van der Waals surface area (Å²) in [5.74, 6) is 0. The predicted molar refractivity (Wildman–Crippen MR) is 83.3 cm³/mol. The highest BCUT2D eigenvalue weighted by Crippen LogP contribution is 2.22. The van der Waals surface area contributed by atoms with Crippen molar-refractivity contribution in [3.8, 4) is 0 Å². The van der Waals surface area contributed by atoms with Crippen LogP contribution < -0.4 is 10.6 Å². The zero-order chi connectivity index (χ0) is 15.5. The lowest BCUT2D eigenvalue weighted by atomic mass is 10.3. The van der Waals surface area contributed by atoms with E-state index in [1.54, 1.807) is 16.9 Å². The Hall–Kier alpha value is -2.87. The molecule has 8 heteroatoms. The molecule has 0 saturated heterocycles. The van der Waals surface area contributed by atoms with Crippen molar-refractivity contribution in [2.24, 2.45) is 0 Å². The number of nitrogens with one attached hydrogen (secondary N) is 2. The van der Waals surface area contributed by atoms with Crippen LogP contribution in [0.1, 0.15) is 4.88 Å². The van der Waals surface area contributed by atoms with Gasteiger partial charge in [-0.15, -0.1) is 11.3 Å². The quantitative estimate of drug-likeness (QED) is 0.692. The summed E-state index contributed by atoms with van der Waals surface area (Å²) in [6.45, 7) is 0.655. The van der Waals surface area contributed by atoms with Gasteiger partial charge in [-0.25, -0.2) is 14.9 Å². The van der Waals surface area contributed by atoms with E-state index in [1.165, 1.54) is 11.3 Å². The first-order valence-corrected chi connectivity index (χ1v) is 7.27. The molecule has 7 nitrogen and oxygen atoms in total. The molecule has 0 radical (unpaired) electrons. The summed E-state index contributed by atoms with van der Waals surface area (Å²) in [7, 11) is 0. The van der Waals surface area contributed by atoms with Gasteiger partial charge in [0, 0.05) is 28.0 Å². The van der Waals surface area contributed by atoms with Gasteiger partial charge in [0.25, 0.3) is 0 Å². The number of pyridine rings is 1. The van der Waals surface area contributed by atoms with Gasteiger partial charge in [-0.3, -0.25) is 4.98 Å². The van der Waals surface area contributed by atoms with Gasteiger partial charge in [0.15, 0.2) is 0 Å². The summed E-state index contributed by atoms with van der Waals surface area (Å²) in [5, 5.41) is 15.5. The van der Waals surface area contributed by atoms with E-state index in [-0.39, 0.29) is 0 Å². The SMILES string of the molecule is O=C(O)NC(=O)Nc1csc(Cn2ccc3ccncc32)c1. The molecule has 0 spiro atoms. The number of carbonyl (C=O) groups excluding carboxylic acids is 1. The molecule has 0 atom stereocenters. The average Bonchev–Trinajstić information content (AvgIpc) is 3.06. The Morgan fingerprint density at radius 1 is 1.36 bits per heavy atom. The van der Waals surface area contributed by atoms with Gasteiger partial charge in [-0.1, -0.05) is 0 Å². The van der Waals surface area contributed by atoms with Gasteiger partial charge in [0.2, 0.25) is 0 Å². The fraction of sp³-hybridized carbons (Fsp3) is 0.0714. The first kappa shape index (κ1) is 14.1. The Balaban J connectivity index is 1.72. The summed E-state index contributed by atoms with van der Waals surface area (Å²) in [6.07, 6.45) is 4.15. The van der Waals surface area contributed by atoms with Crippen LogP contribution in [0.4, 0.5) is 15.3 Å². The van der Waals surface area contributed by atoms with Crippen LogP contribution in [0.2, 0.25) is 0 Å². The van der Waals surface area contributed by atoms with Crippen LogP contribution in [0, 0.1) is 0 Å². The molecule has 0 bridgehead atoms. The zero-order valence-corrected chi connectivity index (χ0v) is 12.1. The molecule has 3 aromatic heterocycles. The van der Waals surface area contributed by atoms with Crippen molar-refractivity contribution in [1.29, 1.82) is 0 Å². The van der Waals surface area contributed by atoms with Gasteiger partial charge < -0.3 is 15.0 Å². The van der Waals surface area contributed by atoms with Gasteiger partial charge in [0.05, 0.1) is 23.9 Å². The molecular formula is C14H12N4O3S. The Morgan fingerprint density at radius 3 is 3.05 bits per heavy atom. The Kier molecular flexibility index (Phi) is 3.75. The molecule has 0 aliphatic heterocycles. The van der Waals surface area contributed by atoms with E-state index in [0.29, 0.717) is 12.2 Å². The number of urea groups is 1. The number of hydrogen-bond donors (Lipinski definition) is 3. The highest BCUT2D eigenvalue weighted by Gasteiger charge is 2.08. The summed E-state index contributed by atoms with van der Waals surface area (Å²) < 4.78 is 2.06. The van der Waals surface area contributed by atoms with Crippen LogP contribution in [0.3, 0.4) is 0 Å². The second-order valence-electron chi connectivity index (χ2n) is 4.56. The molecule has 3 aromatic rings. The highest BCUT2D eigenvalue weighted by atomic mass is 32.1. The van der Waals surface area contributed by atoms with Gasteiger partial charge in [0.1, 0.15) is 0 Å². The van der Waals surface area contributed by atoms with E-state index in [1.807, 2.05) is 30.6 Å². The van der Waals surface area contributed by atoms with Crippen LogP contribution in [0.15, 0.2) is 42.2 Å². The molecule has 3 rings (SSSR count). The first-order chi connectivity index (χ1) is 10.6. The van der Waals surface area contributed by atoms with Crippen LogP contribution in [0.5, 0.6) is 0 Å². The van der Waals surface area contributed by atoms with Crippen molar-refractivity contribution in [3.63, 3.8) is 0 Å². The van der Waals surface area contributed by atoms with E-state index >= 15 is 0 Å². The number of hydrogen-bond acceptors (Lipinski definition) is 4. The number of thiophene rings is 1. The third-order valence-electron chi connectivity index (χ3n) is 3.03. The molecule has 0 aliphatic rings. The van der Waals surface area contributed by atoms with Crippen LogP contribution >= 0.6 is 11.3 Å². The summed E-state index contributed by atoms with van der Waals surface area (Å²) in [4.78, 5) is 26.8. The third-order valence-corrected chi connectivity index (χ3v) is 3.96. The number of imide groups is 1. The summed E-state index contributed by atoms with van der Waals surface area (Å²) in [5.41, 5.74) is 1.60. The number of anilines is 1.